The van der Waals surface area contributed by atoms with Crippen molar-refractivity contribution in [1.29, 1.82) is 0 Å². The van der Waals surface area contributed by atoms with Crippen LogP contribution in [0.4, 0.5) is 5.95 Å². The number of hydrogen-bond acceptors (Lipinski definition) is 4. The number of phenolic OH excluding ortho intramolecular Hbond substituents is 1. The van der Waals surface area contributed by atoms with Gasteiger partial charge in [-0.25, -0.2) is 4.98 Å². The maximum absolute atomic E-state index is 11.2. The number of H-pyrrole nitrogens is 1. The summed E-state index contributed by atoms with van der Waals surface area (Å²) in [5.41, 5.74) is 6.92. The molecule has 0 aliphatic carbocycles. The number of anilines is 1. The molecule has 82 valence electrons. The number of nitrogens with one attached hydrogen (secondary N) is 1. The third-order valence-electron chi connectivity index (χ3n) is 2.19. The summed E-state index contributed by atoms with van der Waals surface area (Å²) in [5, 5.41) is 9.68. The van der Waals surface area contributed by atoms with Crippen LogP contribution in [0.15, 0.2) is 29.1 Å². The predicted octanol–water partition coefficient (Wildman–Crippen LogP) is 1.03. The van der Waals surface area contributed by atoms with Crippen LogP contribution in [-0.4, -0.2) is 15.1 Å². The van der Waals surface area contributed by atoms with Crippen molar-refractivity contribution in [1.82, 2.24) is 9.97 Å². The molecule has 0 spiro atoms. The summed E-state index contributed by atoms with van der Waals surface area (Å²) in [4.78, 5) is 17.5. The lowest BCUT2D eigenvalue weighted by Gasteiger charge is -2.05. The second-order valence-corrected chi connectivity index (χ2v) is 3.54. The molecule has 5 heteroatoms. The number of aromatic hydroxyl groups is 1. The summed E-state index contributed by atoms with van der Waals surface area (Å²) in [6, 6.07) is 6.38. The number of nitrogen functional groups attached to an aromatic ring is 1. The first-order valence-corrected chi connectivity index (χ1v) is 4.73. The lowest BCUT2D eigenvalue weighted by Crippen LogP contribution is -2.10. The largest absolute Gasteiger partial charge is 0.507 e. The Bertz CT molecular complexity index is 590. The smallest absolute Gasteiger partial charge is 0.252 e. The highest BCUT2D eigenvalue weighted by molar-refractivity contribution is 5.67. The van der Waals surface area contributed by atoms with Crippen LogP contribution in [0, 0.1) is 6.92 Å². The first-order valence-electron chi connectivity index (χ1n) is 4.73. The van der Waals surface area contributed by atoms with Crippen LogP contribution in [-0.2, 0) is 0 Å². The lowest BCUT2D eigenvalue weighted by atomic mass is 10.1. The summed E-state index contributed by atoms with van der Waals surface area (Å²) in [7, 11) is 0. The van der Waals surface area contributed by atoms with Crippen molar-refractivity contribution in [3.05, 3.63) is 40.2 Å². The van der Waals surface area contributed by atoms with Crippen molar-refractivity contribution in [2.45, 2.75) is 6.92 Å². The van der Waals surface area contributed by atoms with Crippen LogP contribution in [0.5, 0.6) is 5.75 Å². The van der Waals surface area contributed by atoms with Gasteiger partial charge in [-0.05, 0) is 19.1 Å². The second-order valence-electron chi connectivity index (χ2n) is 3.54. The standard InChI is InChI=1S/C11H11N3O2/c1-6-2-3-9(15)7(4-6)8-5-10(16)14-11(12)13-8/h2-5,15H,1H3,(H3,12,13,14,16). The van der Waals surface area contributed by atoms with Crippen LogP contribution in [0.2, 0.25) is 0 Å². The summed E-state index contributed by atoms with van der Waals surface area (Å²) < 4.78 is 0. The molecular formula is C11H11N3O2. The van der Waals surface area contributed by atoms with E-state index >= 15 is 0 Å². The molecule has 16 heavy (non-hydrogen) atoms. The number of nitrogens with two attached hydrogens (primary N) is 1. The molecule has 0 saturated carbocycles. The van der Waals surface area contributed by atoms with Gasteiger partial charge in [-0.15, -0.1) is 0 Å². The van der Waals surface area contributed by atoms with Crippen LogP contribution in [0.1, 0.15) is 5.56 Å². The minimum atomic E-state index is -0.344. The number of nitrogens with zero attached hydrogens (tertiary/aromatic N) is 1. The Morgan fingerprint density at radius 1 is 1.38 bits per heavy atom. The molecule has 0 radical (unpaired) electrons. The van der Waals surface area contributed by atoms with E-state index in [4.69, 9.17) is 5.73 Å². The zero-order valence-corrected chi connectivity index (χ0v) is 8.69. The molecule has 0 bridgehead atoms. The Morgan fingerprint density at radius 2 is 2.12 bits per heavy atom. The fourth-order valence-corrected chi connectivity index (χ4v) is 1.47. The number of aromatic amines is 1. The molecule has 0 fully saturated rings. The Morgan fingerprint density at radius 3 is 2.81 bits per heavy atom. The minimum absolute atomic E-state index is 0.0309. The number of rotatable bonds is 1. The van der Waals surface area contributed by atoms with Gasteiger partial charge in [0.25, 0.3) is 5.56 Å². The molecule has 4 N–H and O–H groups in total. The highest BCUT2D eigenvalue weighted by Crippen LogP contribution is 2.27. The van der Waals surface area contributed by atoms with Gasteiger partial charge in [0, 0.05) is 11.6 Å². The minimum Gasteiger partial charge on any atom is -0.507 e. The molecule has 1 aromatic carbocycles. The third kappa shape index (κ3) is 1.88. The van der Waals surface area contributed by atoms with Gasteiger partial charge in [0.1, 0.15) is 5.75 Å². The number of phenols is 1. The van der Waals surface area contributed by atoms with E-state index in [0.717, 1.165) is 5.56 Å². The highest BCUT2D eigenvalue weighted by atomic mass is 16.3. The second kappa shape index (κ2) is 3.69. The van der Waals surface area contributed by atoms with Crippen LogP contribution < -0.4 is 11.3 Å². The van der Waals surface area contributed by atoms with Gasteiger partial charge >= 0.3 is 0 Å². The number of aryl methyl sites for hydroxylation is 1. The van der Waals surface area contributed by atoms with E-state index in [1.807, 2.05) is 6.92 Å². The van der Waals surface area contributed by atoms with Crippen molar-refractivity contribution in [3.63, 3.8) is 0 Å². The van der Waals surface area contributed by atoms with E-state index in [0.29, 0.717) is 11.3 Å². The molecule has 0 aliphatic heterocycles. The van der Waals surface area contributed by atoms with Crippen LogP contribution in [0.3, 0.4) is 0 Å². The maximum Gasteiger partial charge on any atom is 0.252 e. The van der Waals surface area contributed by atoms with E-state index in [-0.39, 0.29) is 17.3 Å². The van der Waals surface area contributed by atoms with E-state index < -0.39 is 0 Å². The molecule has 5 nitrogen and oxygen atoms in total. The topological polar surface area (TPSA) is 92.0 Å². The monoisotopic (exact) mass is 217 g/mol. The fourth-order valence-electron chi connectivity index (χ4n) is 1.47. The molecule has 0 unspecified atom stereocenters. The SMILES string of the molecule is Cc1ccc(O)c(-c2cc(=O)[nH]c(N)n2)c1. The van der Waals surface area contributed by atoms with Gasteiger partial charge in [-0.1, -0.05) is 11.6 Å². The number of aromatic nitrogens is 2. The van der Waals surface area contributed by atoms with Gasteiger partial charge in [-0.3, -0.25) is 9.78 Å². The van der Waals surface area contributed by atoms with Gasteiger partial charge in [0.05, 0.1) is 5.69 Å². The Labute approximate surface area is 91.6 Å². The molecule has 0 aliphatic rings. The third-order valence-corrected chi connectivity index (χ3v) is 2.19. The lowest BCUT2D eigenvalue weighted by molar-refractivity contribution is 0.477. The molecule has 1 heterocycles. The van der Waals surface area contributed by atoms with Crippen molar-refractivity contribution in [3.8, 4) is 17.0 Å². The Kier molecular flexibility index (Phi) is 2.36. The maximum atomic E-state index is 11.2. The fraction of sp³-hybridized carbons (Fsp3) is 0.0909. The molecule has 2 rings (SSSR count). The summed E-state index contributed by atoms with van der Waals surface area (Å²) in [5.74, 6) is 0.103. The van der Waals surface area contributed by atoms with Crippen molar-refractivity contribution in [2.24, 2.45) is 0 Å². The van der Waals surface area contributed by atoms with Crippen molar-refractivity contribution in [2.75, 3.05) is 5.73 Å². The van der Waals surface area contributed by atoms with Gasteiger partial charge in [-0.2, -0.15) is 0 Å². The van der Waals surface area contributed by atoms with Crippen LogP contribution in [0.25, 0.3) is 11.3 Å². The Balaban J connectivity index is 2.66. The average molecular weight is 217 g/mol. The van der Waals surface area contributed by atoms with Gasteiger partial charge in [0.2, 0.25) is 5.95 Å². The van der Waals surface area contributed by atoms with E-state index in [2.05, 4.69) is 9.97 Å². The van der Waals surface area contributed by atoms with Crippen LogP contribution >= 0.6 is 0 Å². The average Bonchev–Trinajstić information content (AvgIpc) is 2.20. The van der Waals surface area contributed by atoms with E-state index in [1.54, 1.807) is 18.2 Å². The van der Waals surface area contributed by atoms with Gasteiger partial charge in [0.15, 0.2) is 0 Å². The summed E-state index contributed by atoms with van der Waals surface area (Å²) in [6.07, 6.45) is 0. The molecule has 0 amide bonds. The van der Waals surface area contributed by atoms with E-state index in [9.17, 15) is 9.90 Å². The summed E-state index contributed by atoms with van der Waals surface area (Å²) >= 11 is 0. The normalized spacial score (nSPS) is 10.3. The first kappa shape index (κ1) is 10.2. The molecule has 0 saturated heterocycles. The van der Waals surface area contributed by atoms with Gasteiger partial charge < -0.3 is 10.8 Å². The number of benzene rings is 1. The molecule has 0 atom stereocenters. The quantitative estimate of drug-likeness (QED) is 0.665. The number of hydrogen-bond donors (Lipinski definition) is 3. The van der Waals surface area contributed by atoms with Crippen molar-refractivity contribution < 1.29 is 5.11 Å². The van der Waals surface area contributed by atoms with Crippen molar-refractivity contribution >= 4 is 5.95 Å². The van der Waals surface area contributed by atoms with E-state index in [1.165, 1.54) is 6.07 Å². The Hall–Kier alpha value is -2.30. The molecular weight excluding hydrogens is 206 g/mol. The zero-order chi connectivity index (χ0) is 11.7. The predicted molar refractivity (Wildman–Crippen MR) is 61.1 cm³/mol. The zero-order valence-electron chi connectivity index (χ0n) is 8.69. The highest BCUT2D eigenvalue weighted by Gasteiger charge is 2.07. The summed E-state index contributed by atoms with van der Waals surface area (Å²) in [6.45, 7) is 1.89. The molecule has 2 aromatic rings. The molecule has 1 aromatic heterocycles. The first-order chi connectivity index (χ1) is 7.56.